The largest absolute Gasteiger partial charge is 0.300 e. The average molecular weight is 209 g/mol. The summed E-state index contributed by atoms with van der Waals surface area (Å²) < 4.78 is 0. The first-order chi connectivity index (χ1) is 7.27. The fraction of sp³-hybridized carbons (Fsp3) is 0.923. The minimum Gasteiger partial charge on any atom is -0.300 e. The lowest BCUT2D eigenvalue weighted by molar-refractivity contribution is -0.122. The van der Waals surface area contributed by atoms with Gasteiger partial charge in [0, 0.05) is 12.0 Å². The van der Waals surface area contributed by atoms with Crippen LogP contribution in [0.2, 0.25) is 0 Å². The van der Waals surface area contributed by atoms with Crippen LogP contribution in [-0.2, 0) is 4.79 Å². The minimum atomic E-state index is 0.366. The molecule has 15 heavy (non-hydrogen) atoms. The lowest BCUT2D eigenvalue weighted by atomic mass is 9.89. The lowest BCUT2D eigenvalue weighted by Crippen LogP contribution is -2.43. The fourth-order valence-electron chi connectivity index (χ4n) is 3.12. The third kappa shape index (κ3) is 2.81. The van der Waals surface area contributed by atoms with E-state index in [1.165, 1.54) is 32.1 Å². The second-order valence-corrected chi connectivity index (χ2v) is 5.21. The monoisotopic (exact) mass is 209 g/mol. The molecule has 1 saturated heterocycles. The highest BCUT2D eigenvalue weighted by Crippen LogP contribution is 2.27. The summed E-state index contributed by atoms with van der Waals surface area (Å²) in [5, 5.41) is 0. The second-order valence-electron chi connectivity index (χ2n) is 5.21. The van der Waals surface area contributed by atoms with E-state index in [-0.39, 0.29) is 0 Å². The molecule has 1 aliphatic carbocycles. The van der Waals surface area contributed by atoms with E-state index in [4.69, 9.17) is 0 Å². The predicted octanol–water partition coefficient (Wildman–Crippen LogP) is 2.62. The zero-order valence-electron chi connectivity index (χ0n) is 9.87. The van der Waals surface area contributed by atoms with Crippen molar-refractivity contribution < 1.29 is 4.79 Å². The molecule has 0 aromatic heterocycles. The van der Waals surface area contributed by atoms with Gasteiger partial charge in [0.05, 0.1) is 0 Å². The van der Waals surface area contributed by atoms with Crippen molar-refractivity contribution in [3.63, 3.8) is 0 Å². The Morgan fingerprint density at radius 2 is 1.60 bits per heavy atom. The highest BCUT2D eigenvalue weighted by molar-refractivity contribution is 5.78. The van der Waals surface area contributed by atoms with Gasteiger partial charge in [-0.2, -0.15) is 0 Å². The van der Waals surface area contributed by atoms with E-state index < -0.39 is 0 Å². The zero-order chi connectivity index (χ0) is 10.7. The number of ketones is 1. The van der Waals surface area contributed by atoms with Gasteiger partial charge in [0.1, 0.15) is 5.78 Å². The van der Waals surface area contributed by atoms with Gasteiger partial charge >= 0.3 is 0 Å². The van der Waals surface area contributed by atoms with Crippen LogP contribution in [0.4, 0.5) is 0 Å². The summed E-state index contributed by atoms with van der Waals surface area (Å²) >= 11 is 0. The first-order valence-electron chi connectivity index (χ1n) is 6.52. The average Bonchev–Trinajstić information content (AvgIpc) is 2.30. The van der Waals surface area contributed by atoms with E-state index in [0.29, 0.717) is 11.7 Å². The van der Waals surface area contributed by atoms with Crippen LogP contribution < -0.4 is 0 Å². The van der Waals surface area contributed by atoms with E-state index in [9.17, 15) is 4.79 Å². The molecule has 0 atom stereocenters. The highest BCUT2D eigenvalue weighted by atomic mass is 16.1. The summed E-state index contributed by atoms with van der Waals surface area (Å²) in [5.74, 6) is 0.767. The highest BCUT2D eigenvalue weighted by Gasteiger charge is 2.27. The molecule has 2 rings (SSSR count). The maximum Gasteiger partial charge on any atom is 0.133 e. The van der Waals surface area contributed by atoms with Crippen LogP contribution in [0.3, 0.4) is 0 Å². The number of rotatable bonds is 2. The van der Waals surface area contributed by atoms with E-state index in [0.717, 1.165) is 32.0 Å². The molecule has 2 heteroatoms. The fourth-order valence-corrected chi connectivity index (χ4v) is 3.12. The second kappa shape index (κ2) is 5.11. The molecule has 0 bridgehead atoms. The number of hydrogen-bond acceptors (Lipinski definition) is 2. The number of nitrogens with zero attached hydrogens (tertiary/aromatic N) is 1. The summed E-state index contributed by atoms with van der Waals surface area (Å²) in [4.78, 5) is 13.9. The minimum absolute atomic E-state index is 0.366. The Morgan fingerprint density at radius 1 is 1.00 bits per heavy atom. The molecule has 2 aliphatic rings. The Labute approximate surface area is 93.0 Å². The molecule has 1 saturated carbocycles. The number of Topliss-reactive ketones (excluding diaryl/α,β-unsaturated/α-hetero) is 1. The van der Waals surface area contributed by atoms with Gasteiger partial charge in [0.25, 0.3) is 0 Å². The van der Waals surface area contributed by atoms with Crippen LogP contribution in [0.25, 0.3) is 0 Å². The predicted molar refractivity (Wildman–Crippen MR) is 61.9 cm³/mol. The van der Waals surface area contributed by atoms with E-state index in [1.54, 1.807) is 6.92 Å². The first kappa shape index (κ1) is 11.1. The standard InChI is InChI=1S/C13H23NO/c1-11(15)12-7-9-14(10-8-12)13-5-3-2-4-6-13/h12-13H,2-10H2,1H3. The summed E-state index contributed by atoms with van der Waals surface area (Å²) in [7, 11) is 0. The number of carbonyl (C=O) groups excluding carboxylic acids is 1. The molecule has 1 aliphatic heterocycles. The van der Waals surface area contributed by atoms with Crippen LogP contribution in [0.15, 0.2) is 0 Å². The first-order valence-corrected chi connectivity index (χ1v) is 6.52. The Balaban J connectivity index is 1.79. The Kier molecular flexibility index (Phi) is 3.79. The summed E-state index contributed by atoms with van der Waals surface area (Å²) in [6.45, 7) is 4.07. The summed E-state index contributed by atoms with van der Waals surface area (Å²) in [6, 6.07) is 0.839. The molecule has 0 amide bonds. The van der Waals surface area contributed by atoms with Crippen LogP contribution in [0.5, 0.6) is 0 Å². The van der Waals surface area contributed by atoms with E-state index in [1.807, 2.05) is 0 Å². The summed E-state index contributed by atoms with van der Waals surface area (Å²) in [6.07, 6.45) is 9.25. The van der Waals surface area contributed by atoms with Crippen LogP contribution in [0, 0.1) is 5.92 Å². The molecule has 86 valence electrons. The van der Waals surface area contributed by atoms with Gasteiger partial charge in [0.15, 0.2) is 0 Å². The Hall–Kier alpha value is -0.370. The Morgan fingerprint density at radius 3 is 2.13 bits per heavy atom. The topological polar surface area (TPSA) is 20.3 Å². The number of piperidine rings is 1. The van der Waals surface area contributed by atoms with E-state index in [2.05, 4.69) is 4.90 Å². The van der Waals surface area contributed by atoms with Gasteiger partial charge in [-0.05, 0) is 45.7 Å². The van der Waals surface area contributed by atoms with Crippen molar-refractivity contribution >= 4 is 5.78 Å². The van der Waals surface area contributed by atoms with Gasteiger partial charge in [-0.15, -0.1) is 0 Å². The van der Waals surface area contributed by atoms with Crippen molar-refractivity contribution in [3.8, 4) is 0 Å². The van der Waals surface area contributed by atoms with Crippen molar-refractivity contribution in [1.82, 2.24) is 4.90 Å². The maximum absolute atomic E-state index is 11.3. The molecule has 0 spiro atoms. The SMILES string of the molecule is CC(=O)C1CCN(C2CCCCC2)CC1. The molecular formula is C13H23NO. The molecule has 1 heterocycles. The molecule has 0 radical (unpaired) electrons. The van der Waals surface area contributed by atoms with Crippen molar-refractivity contribution in [2.45, 2.75) is 57.9 Å². The van der Waals surface area contributed by atoms with Gasteiger partial charge in [-0.1, -0.05) is 19.3 Å². The van der Waals surface area contributed by atoms with Gasteiger partial charge in [0.2, 0.25) is 0 Å². The molecule has 0 N–H and O–H groups in total. The zero-order valence-corrected chi connectivity index (χ0v) is 9.87. The van der Waals surface area contributed by atoms with Gasteiger partial charge < -0.3 is 4.90 Å². The quantitative estimate of drug-likeness (QED) is 0.697. The van der Waals surface area contributed by atoms with E-state index >= 15 is 0 Å². The smallest absolute Gasteiger partial charge is 0.133 e. The van der Waals surface area contributed by atoms with Gasteiger partial charge in [-0.3, -0.25) is 4.79 Å². The molecule has 0 aromatic carbocycles. The van der Waals surface area contributed by atoms with Crippen molar-refractivity contribution in [3.05, 3.63) is 0 Å². The van der Waals surface area contributed by atoms with Gasteiger partial charge in [-0.25, -0.2) is 0 Å². The molecule has 0 unspecified atom stereocenters. The summed E-state index contributed by atoms with van der Waals surface area (Å²) in [5.41, 5.74) is 0. The maximum atomic E-state index is 11.3. The van der Waals surface area contributed by atoms with Crippen LogP contribution in [0.1, 0.15) is 51.9 Å². The third-order valence-electron chi connectivity index (χ3n) is 4.20. The molecule has 2 nitrogen and oxygen atoms in total. The molecular weight excluding hydrogens is 186 g/mol. The Bertz CT molecular complexity index is 213. The normalized spacial score (nSPS) is 26.7. The van der Waals surface area contributed by atoms with Crippen LogP contribution in [-0.4, -0.2) is 29.8 Å². The van der Waals surface area contributed by atoms with Crippen molar-refractivity contribution in [2.24, 2.45) is 5.92 Å². The third-order valence-corrected chi connectivity index (χ3v) is 4.20. The number of carbonyl (C=O) groups is 1. The lowest BCUT2D eigenvalue weighted by Gasteiger charge is -2.38. The number of hydrogen-bond donors (Lipinski definition) is 0. The molecule has 0 aromatic rings. The molecule has 2 fully saturated rings. The van der Waals surface area contributed by atoms with Crippen LogP contribution >= 0.6 is 0 Å². The number of likely N-dealkylation sites (tertiary alicyclic amines) is 1. The van der Waals surface area contributed by atoms with Crippen molar-refractivity contribution in [1.29, 1.82) is 0 Å². The van der Waals surface area contributed by atoms with Crippen molar-refractivity contribution in [2.75, 3.05) is 13.1 Å².